The van der Waals surface area contributed by atoms with Gasteiger partial charge < -0.3 is 10.5 Å². The lowest BCUT2D eigenvalue weighted by Crippen LogP contribution is -2.01. The Morgan fingerprint density at radius 3 is 2.77 bits per heavy atom. The standard InChI is InChI=1S/C11H17NO/c1-9-5-6-11(13-2)10(8-9)4-3-7-12/h5-6,8H,3-4,7,12H2,1-2H3. The zero-order valence-electron chi connectivity index (χ0n) is 8.34. The highest BCUT2D eigenvalue weighted by Crippen LogP contribution is 2.20. The van der Waals surface area contributed by atoms with Crippen LogP contribution in [0.1, 0.15) is 17.5 Å². The van der Waals surface area contributed by atoms with E-state index in [0.717, 1.165) is 25.1 Å². The summed E-state index contributed by atoms with van der Waals surface area (Å²) in [4.78, 5) is 0. The molecular weight excluding hydrogens is 162 g/mol. The first-order valence-electron chi connectivity index (χ1n) is 4.61. The monoisotopic (exact) mass is 179 g/mol. The van der Waals surface area contributed by atoms with Crippen LogP contribution in [0.4, 0.5) is 0 Å². The van der Waals surface area contributed by atoms with Gasteiger partial charge in [-0.25, -0.2) is 0 Å². The molecule has 1 aromatic carbocycles. The summed E-state index contributed by atoms with van der Waals surface area (Å²) < 4.78 is 5.26. The second kappa shape index (κ2) is 4.87. The maximum Gasteiger partial charge on any atom is 0.122 e. The largest absolute Gasteiger partial charge is 0.496 e. The number of rotatable bonds is 4. The smallest absolute Gasteiger partial charge is 0.122 e. The number of aryl methyl sites for hydroxylation is 2. The summed E-state index contributed by atoms with van der Waals surface area (Å²) in [7, 11) is 1.70. The first kappa shape index (κ1) is 10.1. The van der Waals surface area contributed by atoms with E-state index in [0.29, 0.717) is 0 Å². The molecule has 0 bridgehead atoms. The molecule has 0 aromatic heterocycles. The van der Waals surface area contributed by atoms with E-state index in [-0.39, 0.29) is 0 Å². The molecule has 0 atom stereocenters. The van der Waals surface area contributed by atoms with Crippen LogP contribution in [0.2, 0.25) is 0 Å². The van der Waals surface area contributed by atoms with Gasteiger partial charge in [-0.05, 0) is 37.9 Å². The zero-order chi connectivity index (χ0) is 9.68. The van der Waals surface area contributed by atoms with E-state index in [9.17, 15) is 0 Å². The molecule has 2 nitrogen and oxygen atoms in total. The number of hydrogen-bond donors (Lipinski definition) is 1. The maximum atomic E-state index is 5.47. The van der Waals surface area contributed by atoms with E-state index in [1.165, 1.54) is 11.1 Å². The average molecular weight is 179 g/mol. The van der Waals surface area contributed by atoms with Crippen LogP contribution in [-0.2, 0) is 6.42 Å². The zero-order valence-corrected chi connectivity index (χ0v) is 8.34. The van der Waals surface area contributed by atoms with Gasteiger partial charge in [-0.1, -0.05) is 17.7 Å². The molecule has 0 aliphatic rings. The third-order valence-electron chi connectivity index (χ3n) is 2.09. The van der Waals surface area contributed by atoms with E-state index in [2.05, 4.69) is 19.1 Å². The van der Waals surface area contributed by atoms with Gasteiger partial charge in [0.15, 0.2) is 0 Å². The van der Waals surface area contributed by atoms with Crippen molar-refractivity contribution >= 4 is 0 Å². The van der Waals surface area contributed by atoms with Crippen molar-refractivity contribution in [2.45, 2.75) is 19.8 Å². The lowest BCUT2D eigenvalue weighted by atomic mass is 10.1. The van der Waals surface area contributed by atoms with Crippen LogP contribution in [-0.4, -0.2) is 13.7 Å². The van der Waals surface area contributed by atoms with Gasteiger partial charge in [0, 0.05) is 0 Å². The molecule has 0 unspecified atom stereocenters. The lowest BCUT2D eigenvalue weighted by Gasteiger charge is -2.08. The molecule has 0 radical (unpaired) electrons. The van der Waals surface area contributed by atoms with Crippen LogP contribution >= 0.6 is 0 Å². The van der Waals surface area contributed by atoms with Crippen LogP contribution < -0.4 is 10.5 Å². The van der Waals surface area contributed by atoms with E-state index < -0.39 is 0 Å². The molecule has 0 aliphatic carbocycles. The normalized spacial score (nSPS) is 10.1. The molecule has 2 N–H and O–H groups in total. The second-order valence-corrected chi connectivity index (χ2v) is 3.21. The Labute approximate surface area is 79.7 Å². The fourth-order valence-corrected chi connectivity index (χ4v) is 1.40. The molecule has 0 spiro atoms. The van der Waals surface area contributed by atoms with Gasteiger partial charge in [-0.3, -0.25) is 0 Å². The second-order valence-electron chi connectivity index (χ2n) is 3.21. The predicted molar refractivity (Wildman–Crippen MR) is 55.1 cm³/mol. The van der Waals surface area contributed by atoms with E-state index in [4.69, 9.17) is 10.5 Å². The van der Waals surface area contributed by atoms with Gasteiger partial charge in [0.1, 0.15) is 5.75 Å². The van der Waals surface area contributed by atoms with Gasteiger partial charge in [0.05, 0.1) is 7.11 Å². The molecule has 1 rings (SSSR count). The molecule has 0 saturated carbocycles. The number of benzene rings is 1. The van der Waals surface area contributed by atoms with Crippen molar-refractivity contribution < 1.29 is 4.74 Å². The minimum atomic E-state index is 0.733. The minimum Gasteiger partial charge on any atom is -0.496 e. The number of nitrogens with two attached hydrogens (primary N) is 1. The Hall–Kier alpha value is -1.02. The summed E-state index contributed by atoms with van der Waals surface area (Å²) in [6.07, 6.45) is 2.02. The van der Waals surface area contributed by atoms with E-state index in [1.807, 2.05) is 6.07 Å². The molecule has 0 amide bonds. The third-order valence-corrected chi connectivity index (χ3v) is 2.09. The van der Waals surface area contributed by atoms with Crippen LogP contribution in [0, 0.1) is 6.92 Å². The fraction of sp³-hybridized carbons (Fsp3) is 0.455. The number of ether oxygens (including phenoxy) is 1. The Morgan fingerprint density at radius 2 is 2.15 bits per heavy atom. The van der Waals surface area contributed by atoms with Gasteiger partial charge in [-0.15, -0.1) is 0 Å². The topological polar surface area (TPSA) is 35.2 Å². The van der Waals surface area contributed by atoms with E-state index in [1.54, 1.807) is 7.11 Å². The summed E-state index contributed by atoms with van der Waals surface area (Å²) in [5, 5.41) is 0. The Balaban J connectivity index is 2.81. The van der Waals surface area contributed by atoms with Crippen LogP contribution in [0.15, 0.2) is 18.2 Å². The van der Waals surface area contributed by atoms with Crippen molar-refractivity contribution in [2.75, 3.05) is 13.7 Å². The highest BCUT2D eigenvalue weighted by molar-refractivity contribution is 5.36. The van der Waals surface area contributed by atoms with Crippen molar-refractivity contribution in [3.8, 4) is 5.75 Å². The summed E-state index contributed by atoms with van der Waals surface area (Å²) >= 11 is 0. The molecule has 72 valence electrons. The molecule has 0 saturated heterocycles. The lowest BCUT2D eigenvalue weighted by molar-refractivity contribution is 0.409. The van der Waals surface area contributed by atoms with Gasteiger partial charge >= 0.3 is 0 Å². The van der Waals surface area contributed by atoms with Gasteiger partial charge in [-0.2, -0.15) is 0 Å². The minimum absolute atomic E-state index is 0.733. The van der Waals surface area contributed by atoms with Crippen molar-refractivity contribution in [1.82, 2.24) is 0 Å². The predicted octanol–water partition coefficient (Wildman–Crippen LogP) is 1.89. The summed E-state index contributed by atoms with van der Waals surface area (Å²) in [5.74, 6) is 0.971. The van der Waals surface area contributed by atoms with Crippen LogP contribution in [0.3, 0.4) is 0 Å². The summed E-state index contributed by atoms with van der Waals surface area (Å²) in [6.45, 7) is 2.82. The summed E-state index contributed by atoms with van der Waals surface area (Å²) in [5.41, 5.74) is 7.99. The van der Waals surface area contributed by atoms with Crippen molar-refractivity contribution in [1.29, 1.82) is 0 Å². The molecule has 1 aromatic rings. The Bertz CT molecular complexity index is 271. The Kier molecular flexibility index (Phi) is 3.77. The maximum absolute atomic E-state index is 5.47. The fourth-order valence-electron chi connectivity index (χ4n) is 1.40. The first-order chi connectivity index (χ1) is 6.27. The molecule has 0 fully saturated rings. The van der Waals surface area contributed by atoms with E-state index >= 15 is 0 Å². The molecule has 2 heteroatoms. The van der Waals surface area contributed by atoms with Crippen molar-refractivity contribution in [3.05, 3.63) is 29.3 Å². The number of methoxy groups -OCH3 is 1. The molecular formula is C11H17NO. The van der Waals surface area contributed by atoms with Gasteiger partial charge in [0.2, 0.25) is 0 Å². The molecule has 13 heavy (non-hydrogen) atoms. The quantitative estimate of drug-likeness (QED) is 0.766. The SMILES string of the molecule is COc1ccc(C)cc1CCCN. The highest BCUT2D eigenvalue weighted by atomic mass is 16.5. The highest BCUT2D eigenvalue weighted by Gasteiger charge is 2.01. The number of hydrogen-bond acceptors (Lipinski definition) is 2. The summed E-state index contributed by atoms with van der Waals surface area (Å²) in [6, 6.07) is 6.24. The van der Waals surface area contributed by atoms with Crippen molar-refractivity contribution in [2.24, 2.45) is 5.73 Å². The molecule has 0 heterocycles. The Morgan fingerprint density at radius 1 is 1.38 bits per heavy atom. The third kappa shape index (κ3) is 2.74. The first-order valence-corrected chi connectivity index (χ1v) is 4.61. The average Bonchev–Trinajstić information content (AvgIpc) is 2.15. The van der Waals surface area contributed by atoms with Gasteiger partial charge in [0.25, 0.3) is 0 Å². The molecule has 0 aliphatic heterocycles. The van der Waals surface area contributed by atoms with Crippen molar-refractivity contribution in [3.63, 3.8) is 0 Å². The van der Waals surface area contributed by atoms with Crippen LogP contribution in [0.25, 0.3) is 0 Å². The van der Waals surface area contributed by atoms with Crippen LogP contribution in [0.5, 0.6) is 5.75 Å².